The first kappa shape index (κ1) is 9.17. The molecule has 0 heterocycles. The number of rotatable bonds is 0. The largest absolute Gasteiger partial charge is 0.504 e. The lowest BCUT2D eigenvalue weighted by Crippen LogP contribution is -1.63. The Kier molecular flexibility index (Phi) is 4.59. The summed E-state index contributed by atoms with van der Waals surface area (Å²) in [6.07, 6.45) is 0. The molecule has 10 heavy (non-hydrogen) atoms. The van der Waals surface area contributed by atoms with Crippen LogP contribution in [0.2, 0.25) is 0 Å². The number of hydrogen-bond acceptors (Lipinski definition) is 2. The number of hydrogen-bond donors (Lipinski definition) is 2. The lowest BCUT2D eigenvalue weighted by Gasteiger charge is -1.91. The number of halogens is 1. The predicted molar refractivity (Wildman–Crippen MR) is 44.2 cm³/mol. The van der Waals surface area contributed by atoms with Crippen molar-refractivity contribution in [3.63, 3.8) is 0 Å². The summed E-state index contributed by atoms with van der Waals surface area (Å²) in [5.74, 6) is -0.153. The second kappa shape index (κ2) is 5.00. The van der Waals surface area contributed by atoms with Crippen molar-refractivity contribution in [1.82, 2.24) is 0 Å². The highest BCUT2D eigenvalue weighted by Gasteiger charge is 1.90. The van der Waals surface area contributed by atoms with Gasteiger partial charge in [0.05, 0.1) is 0 Å². The monoisotopic (exact) mass is 158 g/mol. The van der Waals surface area contributed by atoms with E-state index >= 15 is 0 Å². The van der Waals surface area contributed by atoms with E-state index in [0.717, 1.165) is 0 Å². The molecule has 1 aromatic carbocycles. The van der Waals surface area contributed by atoms with Gasteiger partial charge in [-0.1, -0.05) is 12.1 Å². The molecule has 0 spiro atoms. The van der Waals surface area contributed by atoms with Crippen LogP contribution in [0.1, 0.15) is 0 Å². The van der Waals surface area contributed by atoms with Crippen molar-refractivity contribution in [3.8, 4) is 11.5 Å². The molecule has 4 heteroatoms. The van der Waals surface area contributed by atoms with Gasteiger partial charge in [0.2, 0.25) is 7.26 Å². The van der Waals surface area contributed by atoms with Gasteiger partial charge in [-0.25, -0.2) is 11.5 Å². The highest BCUT2D eigenvalue weighted by molar-refractivity contribution is 6.80. The molecule has 0 saturated carbocycles. The molecular weight excluding hydrogens is 150 g/mol. The van der Waals surface area contributed by atoms with Crippen molar-refractivity contribution in [3.05, 3.63) is 24.3 Å². The van der Waals surface area contributed by atoms with Gasteiger partial charge in [-0.2, -0.15) is 0 Å². The molecule has 1 rings (SSSR count). The molecule has 0 radical (unpaired) electrons. The van der Waals surface area contributed by atoms with Crippen LogP contribution in [0, 0.1) is 0 Å². The van der Waals surface area contributed by atoms with Gasteiger partial charge in [0.1, 0.15) is 0 Å². The van der Waals surface area contributed by atoms with Gasteiger partial charge in [0.25, 0.3) is 0 Å². The topological polar surface area (TPSA) is 40.5 Å². The minimum Gasteiger partial charge on any atom is -0.504 e. The Balaban J connectivity index is 0.000000371. The fourth-order valence-electron chi connectivity index (χ4n) is 0.464. The maximum Gasteiger partial charge on any atom is 0.215 e. The van der Waals surface area contributed by atoms with Gasteiger partial charge >= 0.3 is 0 Å². The quantitative estimate of drug-likeness (QED) is 0.434. The summed E-state index contributed by atoms with van der Waals surface area (Å²) in [5.41, 5.74) is 0. The van der Waals surface area contributed by atoms with Crippen LogP contribution < -0.4 is 0 Å². The van der Waals surface area contributed by atoms with E-state index in [1.165, 1.54) is 19.4 Å². The summed E-state index contributed by atoms with van der Waals surface area (Å²) in [6, 6.07) is 6.15. The maximum absolute atomic E-state index is 8.67. The van der Waals surface area contributed by atoms with Crippen LogP contribution >= 0.6 is 11.5 Å². The summed E-state index contributed by atoms with van der Waals surface area (Å²) < 4.78 is 0. The van der Waals surface area contributed by atoms with Crippen molar-refractivity contribution in [2.24, 2.45) is 0 Å². The number of benzene rings is 1. The summed E-state index contributed by atoms with van der Waals surface area (Å²) >= 11 is 4.64. The number of phenolic OH excluding ortho intramolecular Hbond substituents is 2. The number of para-hydroxylation sites is 2. The van der Waals surface area contributed by atoms with Gasteiger partial charge in [-0.3, -0.25) is 0 Å². The summed E-state index contributed by atoms with van der Waals surface area (Å²) in [7, 11) is 1.47. The van der Waals surface area contributed by atoms with Gasteiger partial charge in [-0.05, 0) is 12.1 Å². The van der Waals surface area contributed by atoms with Crippen LogP contribution in [0.3, 0.4) is 0 Å². The molecule has 0 aliphatic carbocycles. The third-order valence-electron chi connectivity index (χ3n) is 0.882. The first-order chi connectivity index (χ1) is 4.80. The molecule has 0 saturated heterocycles. The zero-order valence-corrected chi connectivity index (χ0v) is 6.34. The van der Waals surface area contributed by atoms with Crippen LogP contribution in [0.4, 0.5) is 0 Å². The van der Waals surface area contributed by atoms with Crippen molar-refractivity contribution in [1.29, 1.82) is 0 Å². The second-order valence-corrected chi connectivity index (χ2v) is 1.49. The average molecular weight is 158 g/mol. The van der Waals surface area contributed by atoms with E-state index < -0.39 is 0 Å². The molecule has 0 bridgehead atoms. The van der Waals surface area contributed by atoms with E-state index in [-0.39, 0.29) is 11.5 Å². The molecule has 2 N–H and O–H groups in total. The molecule has 2 nitrogen and oxygen atoms in total. The van der Waals surface area contributed by atoms with Crippen LogP contribution in [0.15, 0.2) is 24.3 Å². The SMILES string of the molecule is BCl.Oc1ccccc1O. The molecule has 0 aromatic heterocycles. The highest BCUT2D eigenvalue weighted by Crippen LogP contribution is 2.21. The van der Waals surface area contributed by atoms with Crippen molar-refractivity contribution in [2.75, 3.05) is 0 Å². The van der Waals surface area contributed by atoms with E-state index in [1.807, 2.05) is 0 Å². The molecule has 0 unspecified atom stereocenters. The Morgan fingerprint density at radius 2 is 1.30 bits per heavy atom. The van der Waals surface area contributed by atoms with E-state index in [4.69, 9.17) is 10.2 Å². The molecule has 0 fully saturated rings. The van der Waals surface area contributed by atoms with E-state index in [0.29, 0.717) is 0 Å². The fraction of sp³-hybridized carbons (Fsp3) is 0. The number of aromatic hydroxyl groups is 2. The van der Waals surface area contributed by atoms with E-state index in [9.17, 15) is 0 Å². The third kappa shape index (κ3) is 2.64. The van der Waals surface area contributed by atoms with Crippen molar-refractivity contribution >= 4 is 18.7 Å². The second-order valence-electron chi connectivity index (χ2n) is 1.49. The smallest absolute Gasteiger partial charge is 0.215 e. The summed E-state index contributed by atoms with van der Waals surface area (Å²) in [5, 5.41) is 17.3. The van der Waals surface area contributed by atoms with Gasteiger partial charge in [0, 0.05) is 0 Å². The Bertz CT molecular complexity index is 172. The Hall–Kier alpha value is -0.825. The van der Waals surface area contributed by atoms with E-state index in [2.05, 4.69) is 11.5 Å². The molecule has 0 aliphatic heterocycles. The van der Waals surface area contributed by atoms with Crippen LogP contribution in [-0.4, -0.2) is 17.5 Å². The predicted octanol–water partition coefficient (Wildman–Crippen LogP) is 0.871. The van der Waals surface area contributed by atoms with Crippen molar-refractivity contribution in [2.45, 2.75) is 0 Å². The van der Waals surface area contributed by atoms with Crippen LogP contribution in [-0.2, 0) is 0 Å². The van der Waals surface area contributed by atoms with Crippen LogP contribution in [0.5, 0.6) is 11.5 Å². The molecule has 0 aliphatic rings. The Morgan fingerprint density at radius 3 is 1.50 bits per heavy atom. The first-order valence-electron chi connectivity index (χ1n) is 2.65. The zero-order chi connectivity index (χ0) is 7.98. The number of phenols is 2. The lowest BCUT2D eigenvalue weighted by atomic mass is 10.3. The summed E-state index contributed by atoms with van der Waals surface area (Å²) in [4.78, 5) is 0. The normalized spacial score (nSPS) is 7.70. The minimum atomic E-state index is -0.0764. The first-order valence-corrected chi connectivity index (χ1v) is 3.41. The molecule has 1 aromatic rings. The zero-order valence-electron chi connectivity index (χ0n) is 5.58. The third-order valence-corrected chi connectivity index (χ3v) is 0.882. The Labute approximate surface area is 65.4 Å². The summed E-state index contributed by atoms with van der Waals surface area (Å²) in [6.45, 7) is 0. The van der Waals surface area contributed by atoms with Gasteiger partial charge in [-0.15, -0.1) is 0 Å². The lowest BCUT2D eigenvalue weighted by molar-refractivity contribution is 0.404. The molecule has 0 amide bonds. The molecular formula is C6H8BClO2. The van der Waals surface area contributed by atoms with Crippen LogP contribution in [0.25, 0.3) is 0 Å². The fourth-order valence-corrected chi connectivity index (χ4v) is 0.464. The van der Waals surface area contributed by atoms with E-state index in [1.54, 1.807) is 12.1 Å². The molecule has 54 valence electrons. The maximum atomic E-state index is 8.67. The van der Waals surface area contributed by atoms with Gasteiger partial charge in [0.15, 0.2) is 11.5 Å². The minimum absolute atomic E-state index is 0.0764. The average Bonchev–Trinajstić information content (AvgIpc) is 2.00. The van der Waals surface area contributed by atoms with Crippen molar-refractivity contribution < 1.29 is 10.2 Å². The Morgan fingerprint density at radius 1 is 1.00 bits per heavy atom. The van der Waals surface area contributed by atoms with Gasteiger partial charge < -0.3 is 10.2 Å². The standard InChI is InChI=1S/C6H6O2.BClH2/c7-5-3-1-2-4-6(5)8;1-2/h1-4,7-8H;1H2. The highest BCUT2D eigenvalue weighted by atomic mass is 35.5. The molecule has 0 atom stereocenters.